The predicted molar refractivity (Wildman–Crippen MR) is 109 cm³/mol. The lowest BCUT2D eigenvalue weighted by Crippen LogP contribution is -2.74. The Kier molecular flexibility index (Phi) is 4.95. The number of nitrogens with two attached hydrogens (primary N) is 1. The molecule has 4 unspecified atom stereocenters. The second-order valence-electron chi connectivity index (χ2n) is 8.71. The van der Waals surface area contributed by atoms with E-state index in [9.17, 15) is 34.2 Å². The standard InChI is InChI=1S/C21H21BrN2O7/c1-24(2)15-9-6-7-5-8-10(22)3-4-11(25)13(8)16(26)12(7)18(28)21(9,31)19(29)14(17(15)27)20(23)30/h3-4,7,9,12,14-15,25,31H,5-6H2,1-2H3,(H2,23,30)/t7?,9?,12?,14?,15-,21-/m0/s1. The van der Waals surface area contributed by atoms with E-state index in [0.717, 1.165) is 0 Å². The van der Waals surface area contributed by atoms with E-state index in [1.807, 2.05) is 0 Å². The van der Waals surface area contributed by atoms with Gasteiger partial charge in [0.2, 0.25) is 5.91 Å². The first-order valence-corrected chi connectivity index (χ1v) is 10.6. The van der Waals surface area contributed by atoms with Gasteiger partial charge in [0.25, 0.3) is 0 Å². The number of aromatic hydroxyl groups is 1. The van der Waals surface area contributed by atoms with Crippen LogP contribution in [0.2, 0.25) is 0 Å². The first kappa shape index (κ1) is 21.8. The van der Waals surface area contributed by atoms with E-state index in [0.29, 0.717) is 10.0 Å². The molecule has 4 rings (SSSR count). The van der Waals surface area contributed by atoms with Crippen LogP contribution >= 0.6 is 15.9 Å². The van der Waals surface area contributed by atoms with Crippen molar-refractivity contribution >= 4 is 45.0 Å². The van der Waals surface area contributed by atoms with Crippen LogP contribution < -0.4 is 5.73 Å². The smallest absolute Gasteiger partial charge is 0.235 e. The summed E-state index contributed by atoms with van der Waals surface area (Å²) >= 11 is 3.37. The summed E-state index contributed by atoms with van der Waals surface area (Å²) in [6.45, 7) is 0. The maximum atomic E-state index is 13.5. The minimum atomic E-state index is -2.70. The van der Waals surface area contributed by atoms with E-state index in [1.54, 1.807) is 20.2 Å². The fraction of sp³-hybridized carbons (Fsp3) is 0.476. The van der Waals surface area contributed by atoms with Gasteiger partial charge in [-0.25, -0.2) is 0 Å². The molecule has 2 saturated carbocycles. The molecular weight excluding hydrogens is 472 g/mol. The van der Waals surface area contributed by atoms with Gasteiger partial charge in [-0.3, -0.25) is 28.9 Å². The lowest BCUT2D eigenvalue weighted by Gasteiger charge is -2.52. The van der Waals surface area contributed by atoms with E-state index in [4.69, 9.17) is 5.73 Å². The van der Waals surface area contributed by atoms with Crippen LogP contribution in [-0.4, -0.2) is 69.9 Å². The number of hydrogen-bond donors (Lipinski definition) is 3. The van der Waals surface area contributed by atoms with Gasteiger partial charge in [0, 0.05) is 10.4 Å². The number of rotatable bonds is 2. The minimum Gasteiger partial charge on any atom is -0.507 e. The number of ketones is 4. The Labute approximate surface area is 185 Å². The quantitative estimate of drug-likeness (QED) is 0.472. The molecule has 0 radical (unpaired) electrons. The predicted octanol–water partition coefficient (Wildman–Crippen LogP) is -0.370. The highest BCUT2D eigenvalue weighted by Gasteiger charge is 2.69. The van der Waals surface area contributed by atoms with Crippen molar-refractivity contribution in [1.82, 2.24) is 4.90 Å². The van der Waals surface area contributed by atoms with Crippen molar-refractivity contribution in [2.45, 2.75) is 24.5 Å². The van der Waals surface area contributed by atoms with Crippen LogP contribution in [0, 0.1) is 23.7 Å². The number of hydrogen-bond acceptors (Lipinski definition) is 8. The Morgan fingerprint density at radius 3 is 2.42 bits per heavy atom. The average Bonchev–Trinajstić information content (AvgIpc) is 2.67. The van der Waals surface area contributed by atoms with Gasteiger partial charge in [-0.2, -0.15) is 0 Å². The van der Waals surface area contributed by atoms with Gasteiger partial charge in [0.1, 0.15) is 5.75 Å². The van der Waals surface area contributed by atoms with E-state index in [2.05, 4.69) is 15.9 Å². The van der Waals surface area contributed by atoms with Crippen molar-refractivity contribution in [3.8, 4) is 5.75 Å². The molecule has 10 heteroatoms. The number of primary amides is 1. The molecule has 6 atom stereocenters. The number of benzene rings is 1. The molecule has 164 valence electrons. The minimum absolute atomic E-state index is 0.0269. The molecule has 31 heavy (non-hydrogen) atoms. The molecule has 0 bridgehead atoms. The second-order valence-corrected chi connectivity index (χ2v) is 9.56. The molecule has 4 N–H and O–H groups in total. The number of aliphatic hydroxyl groups is 1. The van der Waals surface area contributed by atoms with Crippen LogP contribution in [-0.2, 0) is 25.6 Å². The summed E-state index contributed by atoms with van der Waals surface area (Å²) in [5.74, 6) is -10.4. The molecule has 0 aliphatic heterocycles. The summed E-state index contributed by atoms with van der Waals surface area (Å²) in [6.07, 6.45) is 0.271. The molecule has 1 amide bonds. The average molecular weight is 493 g/mol. The van der Waals surface area contributed by atoms with Crippen LogP contribution in [0.1, 0.15) is 22.3 Å². The first-order chi connectivity index (χ1) is 14.4. The lowest BCUT2D eigenvalue weighted by molar-refractivity contribution is -0.181. The van der Waals surface area contributed by atoms with E-state index in [-0.39, 0.29) is 24.2 Å². The monoisotopic (exact) mass is 492 g/mol. The normalized spacial score (nSPS) is 34.9. The molecule has 9 nitrogen and oxygen atoms in total. The topological polar surface area (TPSA) is 155 Å². The largest absolute Gasteiger partial charge is 0.507 e. The first-order valence-electron chi connectivity index (χ1n) is 9.77. The number of phenolic OH excluding ortho intramolecular Hbond substituents is 1. The van der Waals surface area contributed by atoms with E-state index < -0.39 is 64.4 Å². The SMILES string of the molecule is CN(C)[C@@H]1C(=O)C(C(N)=O)C(=O)[C@@]2(O)C(=O)C3C(=O)c4c(O)ccc(Br)c4CC3CC12. The van der Waals surface area contributed by atoms with E-state index in [1.165, 1.54) is 11.0 Å². The number of Topliss-reactive ketones (excluding diaryl/α,β-unsaturated/α-hetero) is 4. The van der Waals surface area contributed by atoms with Crippen molar-refractivity contribution < 1.29 is 34.2 Å². The van der Waals surface area contributed by atoms with Crippen molar-refractivity contribution in [2.75, 3.05) is 14.1 Å². The number of carbonyl (C=O) groups is 5. The van der Waals surface area contributed by atoms with Crippen LogP contribution in [0.15, 0.2) is 16.6 Å². The lowest BCUT2D eigenvalue weighted by atomic mass is 9.52. The fourth-order valence-electron chi connectivity index (χ4n) is 5.57. The zero-order valence-electron chi connectivity index (χ0n) is 16.8. The molecular formula is C21H21BrN2O7. The maximum absolute atomic E-state index is 13.5. The molecule has 0 saturated heterocycles. The molecule has 0 heterocycles. The highest BCUT2D eigenvalue weighted by atomic mass is 79.9. The summed E-state index contributed by atoms with van der Waals surface area (Å²) in [6, 6.07) is 1.81. The van der Waals surface area contributed by atoms with Gasteiger partial charge in [0.15, 0.2) is 34.7 Å². The summed E-state index contributed by atoms with van der Waals surface area (Å²) in [4.78, 5) is 66.2. The molecule has 0 spiro atoms. The summed E-state index contributed by atoms with van der Waals surface area (Å²) < 4.78 is 0.592. The van der Waals surface area contributed by atoms with Crippen molar-refractivity contribution in [2.24, 2.45) is 29.4 Å². The Morgan fingerprint density at radius 1 is 1.19 bits per heavy atom. The number of likely N-dealkylation sites (N-methyl/N-ethyl adjacent to an activating group) is 1. The van der Waals surface area contributed by atoms with Crippen LogP contribution in [0.3, 0.4) is 0 Å². The number of amides is 1. The Morgan fingerprint density at radius 2 is 1.84 bits per heavy atom. The third-order valence-corrected chi connectivity index (χ3v) is 7.63. The maximum Gasteiger partial charge on any atom is 0.235 e. The molecule has 2 fully saturated rings. The molecule has 1 aromatic rings. The van der Waals surface area contributed by atoms with Crippen LogP contribution in [0.5, 0.6) is 5.75 Å². The third-order valence-electron chi connectivity index (χ3n) is 6.89. The fourth-order valence-corrected chi connectivity index (χ4v) is 6.06. The van der Waals surface area contributed by atoms with Crippen LogP contribution in [0.4, 0.5) is 0 Å². The van der Waals surface area contributed by atoms with Gasteiger partial charge in [-0.05, 0) is 50.6 Å². The summed E-state index contributed by atoms with van der Waals surface area (Å²) in [5.41, 5.74) is 3.08. The summed E-state index contributed by atoms with van der Waals surface area (Å²) in [5, 5.41) is 21.6. The highest BCUT2D eigenvalue weighted by molar-refractivity contribution is 9.10. The van der Waals surface area contributed by atoms with Gasteiger partial charge in [-0.15, -0.1) is 0 Å². The van der Waals surface area contributed by atoms with Gasteiger partial charge >= 0.3 is 0 Å². The Hall–Kier alpha value is -2.43. The number of fused-ring (bicyclic) bond motifs is 3. The number of halogens is 1. The molecule has 1 aromatic carbocycles. The Balaban J connectivity index is 1.88. The summed E-state index contributed by atoms with van der Waals surface area (Å²) in [7, 11) is 3.09. The molecule has 3 aliphatic rings. The highest BCUT2D eigenvalue weighted by Crippen LogP contribution is 2.51. The third kappa shape index (κ3) is 2.78. The Bertz CT molecular complexity index is 1070. The molecule has 0 aromatic heterocycles. The second kappa shape index (κ2) is 7.04. The zero-order valence-corrected chi connectivity index (χ0v) is 18.4. The van der Waals surface area contributed by atoms with Gasteiger partial charge in [0.05, 0.1) is 17.5 Å². The molecule has 3 aliphatic carbocycles. The van der Waals surface area contributed by atoms with Crippen LogP contribution in [0.25, 0.3) is 0 Å². The zero-order chi connectivity index (χ0) is 23.0. The number of nitrogens with zero attached hydrogens (tertiary/aromatic N) is 1. The van der Waals surface area contributed by atoms with Crippen molar-refractivity contribution in [3.63, 3.8) is 0 Å². The van der Waals surface area contributed by atoms with E-state index >= 15 is 0 Å². The van der Waals surface area contributed by atoms with Crippen molar-refractivity contribution in [3.05, 3.63) is 27.7 Å². The van der Waals surface area contributed by atoms with Gasteiger partial charge in [-0.1, -0.05) is 15.9 Å². The number of phenols is 1. The van der Waals surface area contributed by atoms with Gasteiger partial charge < -0.3 is 15.9 Å². The number of carbonyl (C=O) groups excluding carboxylic acids is 5. The van der Waals surface area contributed by atoms with Crippen molar-refractivity contribution in [1.29, 1.82) is 0 Å².